The van der Waals surface area contributed by atoms with Crippen LogP contribution < -0.4 is 10.2 Å². The van der Waals surface area contributed by atoms with E-state index in [0.29, 0.717) is 5.56 Å². The van der Waals surface area contributed by atoms with Crippen LogP contribution in [0.3, 0.4) is 0 Å². The first-order valence-electron chi connectivity index (χ1n) is 10.7. The Kier molecular flexibility index (Phi) is 6.45. The van der Waals surface area contributed by atoms with E-state index in [4.69, 9.17) is 9.47 Å². The Morgan fingerprint density at radius 2 is 1.80 bits per heavy atom. The molecule has 30 heavy (non-hydrogen) atoms. The van der Waals surface area contributed by atoms with Crippen molar-refractivity contribution in [2.75, 3.05) is 31.6 Å². The Morgan fingerprint density at radius 1 is 1.07 bits per heavy atom. The molecule has 1 fully saturated rings. The molecule has 1 aliphatic carbocycles. The fourth-order valence-electron chi connectivity index (χ4n) is 4.06. The van der Waals surface area contributed by atoms with Gasteiger partial charge in [-0.3, -0.25) is 4.79 Å². The summed E-state index contributed by atoms with van der Waals surface area (Å²) in [7, 11) is 0. The molecule has 1 saturated heterocycles. The molecule has 1 amide bonds. The summed E-state index contributed by atoms with van der Waals surface area (Å²) in [6, 6.07) is 13.4. The molecule has 2 aromatic rings. The number of hydrogen-bond donors (Lipinski definition) is 2. The molecule has 158 valence electrons. The SMILES string of the molecule is C[C@H](OC(=O)c1ccc(C[NH+]2CCOCC2)cc1)C(=O)Nc1ccc2c(c1)CCC2. The summed E-state index contributed by atoms with van der Waals surface area (Å²) in [5, 5.41) is 2.85. The molecule has 1 heterocycles. The number of quaternary nitrogens is 1. The average molecular weight is 410 g/mol. The number of nitrogens with one attached hydrogen (secondary N) is 2. The topological polar surface area (TPSA) is 69.1 Å². The van der Waals surface area contributed by atoms with Gasteiger partial charge in [0, 0.05) is 11.3 Å². The van der Waals surface area contributed by atoms with Crippen LogP contribution in [-0.2, 0) is 33.7 Å². The number of anilines is 1. The number of ether oxygens (including phenoxy) is 2. The predicted octanol–water partition coefficient (Wildman–Crippen LogP) is 1.77. The minimum Gasteiger partial charge on any atom is -0.449 e. The third kappa shape index (κ3) is 5.07. The molecule has 2 aliphatic rings. The molecular formula is C24H29N2O4+. The number of fused-ring (bicyclic) bond motifs is 1. The second-order valence-corrected chi connectivity index (χ2v) is 8.11. The van der Waals surface area contributed by atoms with Crippen molar-refractivity contribution in [3.63, 3.8) is 0 Å². The average Bonchev–Trinajstić information content (AvgIpc) is 3.23. The maximum Gasteiger partial charge on any atom is 0.338 e. The number of esters is 1. The molecule has 0 aromatic heterocycles. The zero-order valence-corrected chi connectivity index (χ0v) is 17.4. The lowest BCUT2D eigenvalue weighted by Crippen LogP contribution is -3.12. The fraction of sp³-hybridized carbons (Fsp3) is 0.417. The van der Waals surface area contributed by atoms with Gasteiger partial charge in [-0.2, -0.15) is 0 Å². The van der Waals surface area contributed by atoms with E-state index in [9.17, 15) is 9.59 Å². The smallest absolute Gasteiger partial charge is 0.338 e. The standard InChI is InChI=1S/C24H28N2O4/c1-17(23(27)25-22-10-9-19-3-2-4-21(19)15-22)30-24(28)20-7-5-18(6-8-20)16-26-11-13-29-14-12-26/h5-10,15,17H,2-4,11-14,16H2,1H3,(H,25,27)/p+1/t17-/m0/s1. The van der Waals surface area contributed by atoms with Crippen molar-refractivity contribution in [1.82, 2.24) is 0 Å². The fourth-order valence-corrected chi connectivity index (χ4v) is 4.06. The van der Waals surface area contributed by atoms with E-state index in [2.05, 4.69) is 11.4 Å². The van der Waals surface area contributed by atoms with Crippen LogP contribution in [0.1, 0.15) is 40.4 Å². The van der Waals surface area contributed by atoms with Crippen molar-refractivity contribution in [2.45, 2.75) is 38.8 Å². The van der Waals surface area contributed by atoms with Gasteiger partial charge >= 0.3 is 5.97 Å². The van der Waals surface area contributed by atoms with E-state index in [1.54, 1.807) is 19.1 Å². The van der Waals surface area contributed by atoms with Crippen molar-refractivity contribution >= 4 is 17.6 Å². The van der Waals surface area contributed by atoms with Crippen LogP contribution in [0.25, 0.3) is 0 Å². The third-order valence-electron chi connectivity index (χ3n) is 5.86. The van der Waals surface area contributed by atoms with Crippen molar-refractivity contribution in [3.8, 4) is 0 Å². The lowest BCUT2D eigenvalue weighted by molar-refractivity contribution is -0.921. The highest BCUT2D eigenvalue weighted by Crippen LogP contribution is 2.25. The van der Waals surface area contributed by atoms with Crippen LogP contribution in [0, 0.1) is 0 Å². The molecule has 1 atom stereocenters. The summed E-state index contributed by atoms with van der Waals surface area (Å²) in [6.45, 7) is 6.10. The Hall–Kier alpha value is -2.70. The monoisotopic (exact) mass is 409 g/mol. The van der Waals surface area contributed by atoms with Crippen LogP contribution in [0.4, 0.5) is 5.69 Å². The largest absolute Gasteiger partial charge is 0.449 e. The number of aryl methyl sites for hydroxylation is 2. The number of hydrogen-bond acceptors (Lipinski definition) is 4. The second-order valence-electron chi connectivity index (χ2n) is 8.11. The minimum atomic E-state index is -0.872. The molecule has 2 N–H and O–H groups in total. The van der Waals surface area contributed by atoms with Crippen molar-refractivity contribution < 1.29 is 24.0 Å². The number of amides is 1. The van der Waals surface area contributed by atoms with E-state index in [-0.39, 0.29) is 5.91 Å². The Bertz CT molecular complexity index is 904. The lowest BCUT2D eigenvalue weighted by atomic mass is 10.1. The van der Waals surface area contributed by atoms with Crippen molar-refractivity contribution in [3.05, 3.63) is 64.7 Å². The molecule has 6 heteroatoms. The third-order valence-corrected chi connectivity index (χ3v) is 5.86. The molecule has 0 bridgehead atoms. The molecule has 0 unspecified atom stereocenters. The van der Waals surface area contributed by atoms with Crippen LogP contribution in [0.2, 0.25) is 0 Å². The number of carbonyl (C=O) groups excluding carboxylic acids is 2. The summed E-state index contributed by atoms with van der Waals surface area (Å²) >= 11 is 0. The van der Waals surface area contributed by atoms with Gasteiger partial charge in [0.2, 0.25) is 0 Å². The summed E-state index contributed by atoms with van der Waals surface area (Å²) in [5.74, 6) is -0.814. The predicted molar refractivity (Wildman–Crippen MR) is 114 cm³/mol. The quantitative estimate of drug-likeness (QED) is 0.714. The van der Waals surface area contributed by atoms with E-state index >= 15 is 0 Å². The summed E-state index contributed by atoms with van der Waals surface area (Å²) in [6.07, 6.45) is 2.44. The van der Waals surface area contributed by atoms with Gasteiger partial charge in [-0.05, 0) is 61.6 Å². The number of benzene rings is 2. The Labute approximate surface area is 177 Å². The van der Waals surface area contributed by atoms with Gasteiger partial charge < -0.3 is 19.7 Å². The van der Waals surface area contributed by atoms with Crippen LogP contribution >= 0.6 is 0 Å². The Balaban J connectivity index is 1.29. The molecule has 0 saturated carbocycles. The van der Waals surface area contributed by atoms with Gasteiger partial charge in [0.15, 0.2) is 6.10 Å². The number of morpholine rings is 1. The van der Waals surface area contributed by atoms with Gasteiger partial charge in [-0.1, -0.05) is 18.2 Å². The molecule has 1 aliphatic heterocycles. The molecule has 0 spiro atoms. The lowest BCUT2D eigenvalue weighted by Gasteiger charge is -2.23. The van der Waals surface area contributed by atoms with E-state index in [1.165, 1.54) is 21.6 Å². The summed E-state index contributed by atoms with van der Waals surface area (Å²) < 4.78 is 10.8. The number of rotatable bonds is 6. The van der Waals surface area contributed by atoms with Crippen LogP contribution in [0.5, 0.6) is 0 Å². The molecule has 4 rings (SSSR count). The van der Waals surface area contributed by atoms with Gasteiger partial charge in [0.05, 0.1) is 18.8 Å². The highest BCUT2D eigenvalue weighted by molar-refractivity contribution is 5.97. The maximum atomic E-state index is 12.5. The highest BCUT2D eigenvalue weighted by Gasteiger charge is 2.20. The van der Waals surface area contributed by atoms with Crippen LogP contribution in [-0.4, -0.2) is 44.3 Å². The molecule has 2 aromatic carbocycles. The number of carbonyl (C=O) groups is 2. The van der Waals surface area contributed by atoms with Crippen molar-refractivity contribution in [2.24, 2.45) is 0 Å². The molecule has 6 nitrogen and oxygen atoms in total. The first-order valence-corrected chi connectivity index (χ1v) is 10.7. The summed E-state index contributed by atoms with van der Waals surface area (Å²) in [5.41, 5.74) is 5.01. The first kappa shape index (κ1) is 20.6. The first-order chi connectivity index (χ1) is 14.6. The highest BCUT2D eigenvalue weighted by atomic mass is 16.5. The van der Waals surface area contributed by atoms with E-state index < -0.39 is 12.1 Å². The Morgan fingerprint density at radius 3 is 2.57 bits per heavy atom. The summed E-state index contributed by atoms with van der Waals surface area (Å²) in [4.78, 5) is 26.4. The second kappa shape index (κ2) is 9.41. The van der Waals surface area contributed by atoms with Gasteiger partial charge in [0.1, 0.15) is 19.6 Å². The van der Waals surface area contributed by atoms with E-state index in [1.807, 2.05) is 24.3 Å². The van der Waals surface area contributed by atoms with Crippen molar-refractivity contribution in [1.29, 1.82) is 0 Å². The maximum absolute atomic E-state index is 12.5. The zero-order chi connectivity index (χ0) is 20.9. The molecular weight excluding hydrogens is 380 g/mol. The minimum absolute atomic E-state index is 0.325. The van der Waals surface area contributed by atoms with Gasteiger partial charge in [0.25, 0.3) is 5.91 Å². The van der Waals surface area contributed by atoms with Gasteiger partial charge in [-0.25, -0.2) is 4.79 Å². The normalized spacial score (nSPS) is 17.2. The van der Waals surface area contributed by atoms with E-state index in [0.717, 1.165) is 57.8 Å². The zero-order valence-electron chi connectivity index (χ0n) is 17.4. The van der Waals surface area contributed by atoms with Gasteiger partial charge in [-0.15, -0.1) is 0 Å². The van der Waals surface area contributed by atoms with Crippen LogP contribution in [0.15, 0.2) is 42.5 Å². The molecule has 0 radical (unpaired) electrons.